The first-order chi connectivity index (χ1) is 5.82. The Hall–Kier alpha value is -0.660. The van der Waals surface area contributed by atoms with Crippen molar-refractivity contribution in [3.63, 3.8) is 0 Å². The SMILES string of the molecule is NS(=O)(=O)c1c(O)cc(F)cc1Br. The summed E-state index contributed by atoms with van der Waals surface area (Å²) in [6.07, 6.45) is 0. The molecule has 0 radical (unpaired) electrons. The Labute approximate surface area is 82.4 Å². The molecule has 0 spiro atoms. The summed E-state index contributed by atoms with van der Waals surface area (Å²) in [5.41, 5.74) is 0. The van der Waals surface area contributed by atoms with Crippen LogP contribution in [0.15, 0.2) is 21.5 Å². The normalized spacial score (nSPS) is 11.6. The maximum Gasteiger partial charge on any atom is 0.242 e. The van der Waals surface area contributed by atoms with Crippen molar-refractivity contribution in [1.29, 1.82) is 0 Å². The van der Waals surface area contributed by atoms with Crippen LogP contribution in [-0.2, 0) is 10.0 Å². The lowest BCUT2D eigenvalue weighted by Crippen LogP contribution is -2.13. The van der Waals surface area contributed by atoms with Gasteiger partial charge in [0.2, 0.25) is 10.0 Å². The van der Waals surface area contributed by atoms with Crippen molar-refractivity contribution in [2.24, 2.45) is 5.14 Å². The van der Waals surface area contributed by atoms with Gasteiger partial charge in [-0.25, -0.2) is 17.9 Å². The Morgan fingerprint density at radius 1 is 1.46 bits per heavy atom. The molecule has 0 amide bonds. The zero-order valence-corrected chi connectivity index (χ0v) is 8.56. The molecule has 0 fully saturated rings. The Morgan fingerprint density at radius 3 is 2.38 bits per heavy atom. The Balaban J connectivity index is 3.57. The summed E-state index contributed by atoms with van der Waals surface area (Å²) in [6, 6.07) is 1.57. The van der Waals surface area contributed by atoms with Crippen LogP contribution in [0.1, 0.15) is 0 Å². The molecule has 0 atom stereocenters. The fourth-order valence-electron chi connectivity index (χ4n) is 0.828. The second-order valence-electron chi connectivity index (χ2n) is 2.28. The predicted octanol–water partition coefficient (Wildman–Crippen LogP) is 0.941. The molecular weight excluding hydrogens is 265 g/mol. The van der Waals surface area contributed by atoms with E-state index in [4.69, 9.17) is 10.2 Å². The number of halogens is 2. The van der Waals surface area contributed by atoms with Gasteiger partial charge in [0.15, 0.2) is 0 Å². The van der Waals surface area contributed by atoms with E-state index in [-0.39, 0.29) is 4.47 Å². The molecule has 0 aliphatic carbocycles. The topological polar surface area (TPSA) is 80.4 Å². The molecule has 1 rings (SSSR count). The van der Waals surface area contributed by atoms with Crippen LogP contribution < -0.4 is 5.14 Å². The molecule has 0 aliphatic heterocycles. The summed E-state index contributed by atoms with van der Waals surface area (Å²) in [6.45, 7) is 0. The molecule has 0 saturated carbocycles. The number of hydrogen-bond acceptors (Lipinski definition) is 3. The number of rotatable bonds is 1. The van der Waals surface area contributed by atoms with Gasteiger partial charge in [-0.1, -0.05) is 0 Å². The van der Waals surface area contributed by atoms with Gasteiger partial charge in [-0.2, -0.15) is 0 Å². The smallest absolute Gasteiger partial charge is 0.242 e. The third-order valence-electron chi connectivity index (χ3n) is 1.27. The van der Waals surface area contributed by atoms with Crippen LogP contribution in [-0.4, -0.2) is 13.5 Å². The van der Waals surface area contributed by atoms with E-state index >= 15 is 0 Å². The molecule has 3 N–H and O–H groups in total. The van der Waals surface area contributed by atoms with Crippen LogP contribution in [0, 0.1) is 5.82 Å². The Morgan fingerprint density at radius 2 is 2.00 bits per heavy atom. The summed E-state index contributed by atoms with van der Waals surface area (Å²) in [5.74, 6) is -1.47. The molecule has 1 aromatic carbocycles. The first kappa shape index (κ1) is 10.4. The standard InChI is InChI=1S/C6H5BrFNO3S/c7-4-1-3(8)2-5(10)6(4)13(9,11)12/h1-2,10H,(H2,9,11,12). The van der Waals surface area contributed by atoms with Crippen LogP contribution in [0.5, 0.6) is 5.75 Å². The minimum absolute atomic E-state index is 0.104. The van der Waals surface area contributed by atoms with E-state index in [1.807, 2.05) is 0 Å². The fraction of sp³-hybridized carbons (Fsp3) is 0. The van der Waals surface area contributed by atoms with Crippen molar-refractivity contribution in [3.05, 3.63) is 22.4 Å². The number of sulfonamides is 1. The molecule has 0 heterocycles. The largest absolute Gasteiger partial charge is 0.506 e. The van der Waals surface area contributed by atoms with Crippen LogP contribution in [0.2, 0.25) is 0 Å². The van der Waals surface area contributed by atoms with Gasteiger partial charge >= 0.3 is 0 Å². The minimum atomic E-state index is -4.04. The maximum atomic E-state index is 12.6. The highest BCUT2D eigenvalue weighted by Crippen LogP contribution is 2.30. The fourth-order valence-corrected chi connectivity index (χ4v) is 2.61. The average Bonchev–Trinajstić information content (AvgIpc) is 1.78. The third kappa shape index (κ3) is 2.17. The zero-order chi connectivity index (χ0) is 10.2. The van der Waals surface area contributed by atoms with Crippen LogP contribution in [0.4, 0.5) is 4.39 Å². The van der Waals surface area contributed by atoms with E-state index in [0.717, 1.165) is 6.07 Å². The second kappa shape index (κ2) is 3.24. The molecule has 7 heteroatoms. The number of nitrogens with two attached hydrogens (primary N) is 1. The Kier molecular flexibility index (Phi) is 2.60. The summed E-state index contributed by atoms with van der Waals surface area (Å²) < 4.78 is 34.2. The highest BCUT2D eigenvalue weighted by atomic mass is 79.9. The maximum absolute atomic E-state index is 12.6. The van der Waals surface area contributed by atoms with E-state index in [2.05, 4.69) is 15.9 Å². The number of phenols is 1. The molecule has 4 nitrogen and oxygen atoms in total. The summed E-state index contributed by atoms with van der Waals surface area (Å²) >= 11 is 2.77. The molecule has 0 unspecified atom stereocenters. The molecule has 72 valence electrons. The first-order valence-electron chi connectivity index (χ1n) is 3.03. The van der Waals surface area contributed by atoms with Gasteiger partial charge in [0.25, 0.3) is 0 Å². The van der Waals surface area contributed by atoms with Gasteiger partial charge in [-0.05, 0) is 22.0 Å². The number of hydrogen-bond donors (Lipinski definition) is 2. The third-order valence-corrected chi connectivity index (χ3v) is 3.16. The quantitative estimate of drug-likeness (QED) is 0.796. The predicted molar refractivity (Wildman–Crippen MR) is 47.1 cm³/mol. The van der Waals surface area contributed by atoms with E-state index in [1.54, 1.807) is 0 Å². The molecule has 1 aromatic rings. The zero-order valence-electron chi connectivity index (χ0n) is 6.16. The summed E-state index contributed by atoms with van der Waals surface area (Å²) in [4.78, 5) is -0.520. The van der Waals surface area contributed by atoms with Gasteiger partial charge in [0.05, 0.1) is 0 Å². The van der Waals surface area contributed by atoms with Crippen LogP contribution in [0.3, 0.4) is 0 Å². The summed E-state index contributed by atoms with van der Waals surface area (Å²) in [5, 5.41) is 13.8. The van der Waals surface area contributed by atoms with Gasteiger partial charge in [0.1, 0.15) is 16.5 Å². The number of benzene rings is 1. The number of primary sulfonamides is 1. The monoisotopic (exact) mass is 269 g/mol. The Bertz CT molecular complexity index is 422. The molecule has 0 saturated heterocycles. The molecule has 0 aliphatic rings. The van der Waals surface area contributed by atoms with Crippen molar-refractivity contribution in [3.8, 4) is 5.75 Å². The summed E-state index contributed by atoms with van der Waals surface area (Å²) in [7, 11) is -4.04. The lowest BCUT2D eigenvalue weighted by Gasteiger charge is -2.04. The van der Waals surface area contributed by atoms with Crippen molar-refractivity contribution in [1.82, 2.24) is 0 Å². The highest BCUT2D eigenvalue weighted by molar-refractivity contribution is 9.10. The lowest BCUT2D eigenvalue weighted by molar-refractivity contribution is 0.451. The van der Waals surface area contributed by atoms with Gasteiger partial charge < -0.3 is 5.11 Å². The molecular formula is C6H5BrFNO3S. The molecule has 13 heavy (non-hydrogen) atoms. The minimum Gasteiger partial charge on any atom is -0.506 e. The average molecular weight is 270 g/mol. The molecule has 0 bridgehead atoms. The van der Waals surface area contributed by atoms with E-state index in [9.17, 15) is 12.8 Å². The highest BCUT2D eigenvalue weighted by Gasteiger charge is 2.18. The number of phenolic OH excluding ortho intramolecular Hbond substituents is 1. The lowest BCUT2D eigenvalue weighted by atomic mass is 10.3. The van der Waals surface area contributed by atoms with E-state index < -0.39 is 26.5 Å². The first-order valence-corrected chi connectivity index (χ1v) is 5.37. The van der Waals surface area contributed by atoms with Crippen molar-refractivity contribution < 1.29 is 17.9 Å². The molecule has 0 aromatic heterocycles. The van der Waals surface area contributed by atoms with Crippen molar-refractivity contribution in [2.75, 3.05) is 0 Å². The van der Waals surface area contributed by atoms with Crippen molar-refractivity contribution >= 4 is 26.0 Å². The van der Waals surface area contributed by atoms with Gasteiger partial charge in [0, 0.05) is 10.5 Å². The second-order valence-corrected chi connectivity index (χ2v) is 4.63. The van der Waals surface area contributed by atoms with Gasteiger partial charge in [-0.15, -0.1) is 0 Å². The number of aromatic hydroxyl groups is 1. The van der Waals surface area contributed by atoms with Crippen LogP contribution >= 0.6 is 15.9 Å². The van der Waals surface area contributed by atoms with E-state index in [1.165, 1.54) is 0 Å². The van der Waals surface area contributed by atoms with Crippen LogP contribution in [0.25, 0.3) is 0 Å². The van der Waals surface area contributed by atoms with Gasteiger partial charge in [-0.3, -0.25) is 0 Å². The van der Waals surface area contributed by atoms with Crippen molar-refractivity contribution in [2.45, 2.75) is 4.90 Å². The van der Waals surface area contributed by atoms with E-state index in [0.29, 0.717) is 6.07 Å².